The number of nitrogens with two attached hydrogens (primary N) is 1. The number of aromatic nitrogens is 2. The first-order valence-corrected chi connectivity index (χ1v) is 12.8. The number of rotatable bonds is 9. The molecule has 162 valence electrons. The highest BCUT2D eigenvalue weighted by atomic mass is 28.4. The number of ether oxygens (including phenoxy) is 1. The Morgan fingerprint density at radius 3 is 2.48 bits per heavy atom. The zero-order valence-corrected chi connectivity index (χ0v) is 19.1. The van der Waals surface area contributed by atoms with E-state index in [4.69, 9.17) is 14.9 Å². The number of aliphatic hydroxyl groups excluding tert-OH is 1. The van der Waals surface area contributed by atoms with E-state index in [0.717, 1.165) is 24.9 Å². The summed E-state index contributed by atoms with van der Waals surface area (Å²) in [4.78, 5) is 15.9. The minimum atomic E-state index is -2.12. The maximum atomic E-state index is 12.2. The molecule has 2 rings (SSSR count). The van der Waals surface area contributed by atoms with Gasteiger partial charge in [0.05, 0.1) is 12.7 Å². The van der Waals surface area contributed by atoms with Crippen molar-refractivity contribution < 1.29 is 14.3 Å². The molecule has 0 spiro atoms. The average Bonchev–Trinajstić information content (AvgIpc) is 3.03. The molecule has 0 radical (unpaired) electrons. The first-order chi connectivity index (χ1) is 13.7. The van der Waals surface area contributed by atoms with Crippen LogP contribution in [-0.4, -0.2) is 41.8 Å². The standard InChI is InChI=1S/C20H34N4O4Si/c1-6-20(5,7-2)29(8-3,9-4)27-13-15-17(25)14(12-21)18(28-15)24-11-10-16(22)23-19(24)26/h10-11,14-15,17-18,25H,6-9,13H2,1-5H3,(H2,22,23,26)/t14-,15+,17-,18+/m0/s1. The second-order valence-electron chi connectivity index (χ2n) is 8.03. The van der Waals surface area contributed by atoms with Crippen molar-refractivity contribution >= 4 is 14.1 Å². The Kier molecular flexibility index (Phi) is 7.62. The number of anilines is 1. The molecule has 0 aliphatic carbocycles. The zero-order valence-electron chi connectivity index (χ0n) is 18.1. The summed E-state index contributed by atoms with van der Waals surface area (Å²) in [6, 6.07) is 5.48. The molecule has 0 aromatic carbocycles. The molecule has 1 fully saturated rings. The molecule has 9 heteroatoms. The third-order valence-electron chi connectivity index (χ3n) is 6.97. The zero-order chi connectivity index (χ0) is 21.8. The molecule has 1 saturated heterocycles. The number of nitrogen functional groups attached to an aromatic ring is 1. The molecule has 0 unspecified atom stereocenters. The molecule has 3 N–H and O–H groups in total. The van der Waals surface area contributed by atoms with Gasteiger partial charge in [0.1, 0.15) is 23.9 Å². The predicted molar refractivity (Wildman–Crippen MR) is 114 cm³/mol. The van der Waals surface area contributed by atoms with Crippen molar-refractivity contribution in [2.75, 3.05) is 12.3 Å². The van der Waals surface area contributed by atoms with Crippen LogP contribution in [0.4, 0.5) is 5.82 Å². The highest BCUT2D eigenvalue weighted by molar-refractivity contribution is 6.76. The van der Waals surface area contributed by atoms with Gasteiger partial charge in [-0.15, -0.1) is 0 Å². The Hall–Kier alpha value is -1.73. The topological polar surface area (TPSA) is 123 Å². The molecule has 0 saturated carbocycles. The Balaban J connectivity index is 2.25. The molecule has 1 aromatic heterocycles. The summed E-state index contributed by atoms with van der Waals surface area (Å²) in [5.41, 5.74) is 4.93. The summed E-state index contributed by atoms with van der Waals surface area (Å²) in [6.45, 7) is 11.2. The number of nitriles is 1. The number of aliphatic hydroxyl groups is 1. The van der Waals surface area contributed by atoms with Crippen LogP contribution in [0.1, 0.15) is 53.7 Å². The monoisotopic (exact) mass is 422 g/mol. The van der Waals surface area contributed by atoms with Crippen molar-refractivity contribution in [3.8, 4) is 6.07 Å². The van der Waals surface area contributed by atoms with Crippen LogP contribution >= 0.6 is 0 Å². The van der Waals surface area contributed by atoms with E-state index in [1.165, 1.54) is 16.8 Å². The third kappa shape index (κ3) is 4.26. The molecule has 1 aromatic rings. The van der Waals surface area contributed by atoms with E-state index in [1.807, 2.05) is 0 Å². The molecule has 0 amide bonds. The second-order valence-corrected chi connectivity index (χ2v) is 12.9. The van der Waals surface area contributed by atoms with Gasteiger partial charge in [-0.2, -0.15) is 10.2 Å². The van der Waals surface area contributed by atoms with Crippen LogP contribution < -0.4 is 11.4 Å². The third-order valence-corrected chi connectivity index (χ3v) is 12.9. The lowest BCUT2D eigenvalue weighted by atomic mass is 10.0. The normalized spacial score (nSPS) is 25.1. The Labute approximate surface area is 173 Å². The highest BCUT2D eigenvalue weighted by Crippen LogP contribution is 2.49. The van der Waals surface area contributed by atoms with Crippen LogP contribution in [0.25, 0.3) is 0 Å². The number of hydrogen-bond donors (Lipinski definition) is 2. The average molecular weight is 423 g/mol. The van der Waals surface area contributed by atoms with Crippen LogP contribution in [0.3, 0.4) is 0 Å². The van der Waals surface area contributed by atoms with Crippen molar-refractivity contribution in [2.45, 2.75) is 83.0 Å². The van der Waals surface area contributed by atoms with Gasteiger partial charge in [0.2, 0.25) is 0 Å². The van der Waals surface area contributed by atoms with E-state index < -0.39 is 38.4 Å². The van der Waals surface area contributed by atoms with E-state index >= 15 is 0 Å². The van der Waals surface area contributed by atoms with Crippen molar-refractivity contribution in [1.82, 2.24) is 9.55 Å². The lowest BCUT2D eigenvalue weighted by Gasteiger charge is -2.45. The molecule has 1 aliphatic rings. The van der Waals surface area contributed by atoms with Gasteiger partial charge in [0.25, 0.3) is 0 Å². The largest absolute Gasteiger partial charge is 0.414 e. The predicted octanol–water partition coefficient (Wildman–Crippen LogP) is 2.81. The summed E-state index contributed by atoms with van der Waals surface area (Å²) in [5.74, 6) is -0.798. The van der Waals surface area contributed by atoms with Gasteiger partial charge in [-0.05, 0) is 23.2 Å². The number of nitrogens with zero attached hydrogens (tertiary/aromatic N) is 3. The lowest BCUT2D eigenvalue weighted by Crippen LogP contribution is -2.50. The van der Waals surface area contributed by atoms with Crippen LogP contribution in [0.5, 0.6) is 0 Å². The minimum Gasteiger partial charge on any atom is -0.414 e. The van der Waals surface area contributed by atoms with E-state index in [0.29, 0.717) is 0 Å². The van der Waals surface area contributed by atoms with Crippen LogP contribution in [-0.2, 0) is 9.16 Å². The van der Waals surface area contributed by atoms with Crippen molar-refractivity contribution in [1.29, 1.82) is 5.26 Å². The fourth-order valence-electron chi connectivity index (χ4n) is 4.50. The highest BCUT2D eigenvalue weighted by Gasteiger charge is 2.50. The van der Waals surface area contributed by atoms with Crippen LogP contribution in [0.15, 0.2) is 17.1 Å². The van der Waals surface area contributed by atoms with Gasteiger partial charge < -0.3 is 20.0 Å². The summed E-state index contributed by atoms with van der Waals surface area (Å²) in [6.07, 6.45) is 0.842. The van der Waals surface area contributed by atoms with Gasteiger partial charge in [0, 0.05) is 6.20 Å². The fraction of sp³-hybridized carbons (Fsp3) is 0.750. The Morgan fingerprint density at radius 2 is 2.00 bits per heavy atom. The van der Waals surface area contributed by atoms with Crippen molar-refractivity contribution in [3.63, 3.8) is 0 Å². The van der Waals surface area contributed by atoms with Gasteiger partial charge >= 0.3 is 5.69 Å². The first kappa shape index (κ1) is 23.5. The van der Waals surface area contributed by atoms with Crippen LogP contribution in [0.2, 0.25) is 17.1 Å². The Bertz CT molecular complexity index is 785. The maximum Gasteiger partial charge on any atom is 0.351 e. The van der Waals surface area contributed by atoms with E-state index in [9.17, 15) is 15.2 Å². The summed E-state index contributed by atoms with van der Waals surface area (Å²) >= 11 is 0. The molecule has 2 heterocycles. The van der Waals surface area contributed by atoms with E-state index in [-0.39, 0.29) is 17.5 Å². The molecule has 4 atom stereocenters. The molecule has 29 heavy (non-hydrogen) atoms. The van der Waals surface area contributed by atoms with Crippen LogP contribution in [0, 0.1) is 17.2 Å². The molecule has 8 nitrogen and oxygen atoms in total. The summed E-state index contributed by atoms with van der Waals surface area (Å²) in [5, 5.41) is 20.4. The van der Waals surface area contributed by atoms with Gasteiger partial charge in [-0.25, -0.2) is 4.79 Å². The number of hydrogen-bond acceptors (Lipinski definition) is 7. The molecular formula is C20H34N4O4Si. The van der Waals surface area contributed by atoms with Crippen molar-refractivity contribution in [3.05, 3.63) is 22.7 Å². The second kappa shape index (κ2) is 9.39. The Morgan fingerprint density at radius 1 is 1.38 bits per heavy atom. The summed E-state index contributed by atoms with van der Waals surface area (Å²) in [7, 11) is -2.12. The van der Waals surface area contributed by atoms with Gasteiger partial charge in [-0.1, -0.05) is 47.5 Å². The van der Waals surface area contributed by atoms with E-state index in [1.54, 1.807) is 0 Å². The molecular weight excluding hydrogens is 388 g/mol. The van der Waals surface area contributed by atoms with Gasteiger partial charge in [0.15, 0.2) is 14.5 Å². The lowest BCUT2D eigenvalue weighted by molar-refractivity contribution is -0.0450. The van der Waals surface area contributed by atoms with Crippen molar-refractivity contribution in [2.24, 2.45) is 5.92 Å². The minimum absolute atomic E-state index is 0.0956. The van der Waals surface area contributed by atoms with Gasteiger partial charge in [-0.3, -0.25) is 4.57 Å². The fourth-order valence-corrected chi connectivity index (χ4v) is 9.23. The summed E-state index contributed by atoms with van der Waals surface area (Å²) < 4.78 is 13.7. The SMILES string of the molecule is CCC(C)(CC)[Si](CC)(CC)OC[C@H]1O[C@@H](n2ccc(N)nc2=O)[C@@H](C#N)[C@@H]1O. The smallest absolute Gasteiger partial charge is 0.351 e. The molecule has 0 bridgehead atoms. The van der Waals surface area contributed by atoms with E-state index in [2.05, 4.69) is 45.7 Å². The quantitative estimate of drug-likeness (QED) is 0.586. The molecule has 1 aliphatic heterocycles. The first-order valence-electron chi connectivity index (χ1n) is 10.4. The maximum absolute atomic E-state index is 12.2.